The molecule has 1 atom stereocenters. The molecule has 4 heteroatoms. The van der Waals surface area contributed by atoms with Gasteiger partial charge in [-0.2, -0.15) is 0 Å². The number of phenols is 1. The van der Waals surface area contributed by atoms with Crippen molar-refractivity contribution in [2.75, 3.05) is 13.1 Å². The van der Waals surface area contributed by atoms with E-state index in [1.807, 2.05) is 0 Å². The first kappa shape index (κ1) is 14.9. The molecule has 1 aromatic rings. The summed E-state index contributed by atoms with van der Waals surface area (Å²) in [6.07, 6.45) is 2.37. The maximum Gasteiger partial charge on any atom is 0.251 e. The summed E-state index contributed by atoms with van der Waals surface area (Å²) in [6, 6.07) is 5.23. The lowest BCUT2D eigenvalue weighted by Crippen LogP contribution is -2.52. The number of hydrogen-bond donors (Lipinski definition) is 3. The Morgan fingerprint density at radius 1 is 1.50 bits per heavy atom. The molecule has 0 bridgehead atoms. The van der Waals surface area contributed by atoms with E-state index in [-0.39, 0.29) is 17.1 Å². The predicted octanol–water partition coefficient (Wildman–Crippen LogP) is 2.21. The van der Waals surface area contributed by atoms with Crippen LogP contribution in [-0.2, 0) is 0 Å². The number of carbonyl (C=O) groups excluding carboxylic acids is 1. The van der Waals surface area contributed by atoms with Gasteiger partial charge in [0.15, 0.2) is 0 Å². The first-order valence-corrected chi connectivity index (χ1v) is 7.21. The van der Waals surface area contributed by atoms with Crippen LogP contribution in [-0.4, -0.2) is 30.1 Å². The second-order valence-corrected chi connectivity index (χ2v) is 6.31. The van der Waals surface area contributed by atoms with Gasteiger partial charge in [-0.05, 0) is 55.5 Å². The Hall–Kier alpha value is -1.55. The average molecular weight is 276 g/mol. The van der Waals surface area contributed by atoms with E-state index in [1.165, 1.54) is 12.8 Å². The molecule has 20 heavy (non-hydrogen) atoms. The number of benzene rings is 1. The second kappa shape index (κ2) is 5.83. The lowest BCUT2D eigenvalue weighted by Gasteiger charge is -2.39. The number of rotatable bonds is 3. The van der Waals surface area contributed by atoms with E-state index in [2.05, 4.69) is 24.5 Å². The molecule has 110 valence electrons. The van der Waals surface area contributed by atoms with Crippen LogP contribution in [0.3, 0.4) is 0 Å². The van der Waals surface area contributed by atoms with Gasteiger partial charge in [0.1, 0.15) is 5.75 Å². The number of aromatic hydroxyl groups is 1. The maximum atomic E-state index is 12.1. The number of phenolic OH excluding ortho intramolecular Hbond substituents is 1. The Bertz CT molecular complexity index is 497. The minimum atomic E-state index is -0.0868. The van der Waals surface area contributed by atoms with Gasteiger partial charge < -0.3 is 15.7 Å². The van der Waals surface area contributed by atoms with E-state index < -0.39 is 0 Å². The Kier molecular flexibility index (Phi) is 4.33. The molecule has 3 N–H and O–H groups in total. The Morgan fingerprint density at radius 2 is 2.25 bits per heavy atom. The highest BCUT2D eigenvalue weighted by Gasteiger charge is 2.31. The minimum absolute atomic E-state index is 0.0868. The number of amides is 1. The second-order valence-electron chi connectivity index (χ2n) is 6.31. The summed E-state index contributed by atoms with van der Waals surface area (Å²) in [7, 11) is 0. The first-order chi connectivity index (χ1) is 9.40. The summed E-state index contributed by atoms with van der Waals surface area (Å²) in [5.74, 6) is 0.132. The lowest BCUT2D eigenvalue weighted by molar-refractivity contribution is 0.0928. The van der Waals surface area contributed by atoms with Gasteiger partial charge in [0.2, 0.25) is 0 Å². The van der Waals surface area contributed by atoms with Crippen LogP contribution in [0.5, 0.6) is 5.75 Å². The van der Waals surface area contributed by atoms with Crippen molar-refractivity contribution in [2.24, 2.45) is 5.41 Å². The predicted molar refractivity (Wildman–Crippen MR) is 80.0 cm³/mol. The van der Waals surface area contributed by atoms with Crippen molar-refractivity contribution in [1.82, 2.24) is 10.6 Å². The molecular weight excluding hydrogens is 252 g/mol. The number of hydrogen-bond acceptors (Lipinski definition) is 3. The molecular formula is C16H24N2O2. The number of nitrogens with one attached hydrogen (secondary N) is 2. The fourth-order valence-electron chi connectivity index (χ4n) is 2.71. The molecule has 1 aliphatic heterocycles. The van der Waals surface area contributed by atoms with E-state index in [1.54, 1.807) is 25.1 Å². The van der Waals surface area contributed by atoms with Crippen molar-refractivity contribution in [3.8, 4) is 5.75 Å². The summed E-state index contributed by atoms with van der Waals surface area (Å²) >= 11 is 0. The Labute approximate surface area is 120 Å². The van der Waals surface area contributed by atoms with Gasteiger partial charge in [-0.1, -0.05) is 13.8 Å². The van der Waals surface area contributed by atoms with Gasteiger partial charge in [0.25, 0.3) is 5.91 Å². The van der Waals surface area contributed by atoms with Crippen LogP contribution in [0.15, 0.2) is 18.2 Å². The summed E-state index contributed by atoms with van der Waals surface area (Å²) in [5, 5.41) is 16.0. The summed E-state index contributed by atoms with van der Waals surface area (Å²) in [4.78, 5) is 12.1. The van der Waals surface area contributed by atoms with Gasteiger partial charge >= 0.3 is 0 Å². The summed E-state index contributed by atoms with van der Waals surface area (Å²) in [5.41, 5.74) is 1.51. The number of carbonyl (C=O) groups is 1. The zero-order chi connectivity index (χ0) is 14.8. The quantitative estimate of drug-likeness (QED) is 0.793. The van der Waals surface area contributed by atoms with Crippen molar-refractivity contribution in [2.45, 2.75) is 39.7 Å². The third-order valence-electron chi connectivity index (χ3n) is 4.26. The monoisotopic (exact) mass is 276 g/mol. The molecule has 1 amide bonds. The van der Waals surface area contributed by atoms with Crippen LogP contribution in [0.1, 0.15) is 42.6 Å². The molecule has 2 rings (SSSR count). The van der Waals surface area contributed by atoms with Crippen molar-refractivity contribution in [3.63, 3.8) is 0 Å². The highest BCUT2D eigenvalue weighted by atomic mass is 16.3. The highest BCUT2D eigenvalue weighted by molar-refractivity contribution is 5.94. The van der Waals surface area contributed by atoms with Gasteiger partial charge in [0, 0.05) is 18.2 Å². The van der Waals surface area contributed by atoms with Crippen LogP contribution >= 0.6 is 0 Å². The van der Waals surface area contributed by atoms with Crippen LogP contribution in [0.4, 0.5) is 0 Å². The SMILES string of the molecule is Cc1cc(C(=O)NCC2NCCCC2(C)C)ccc1O. The van der Waals surface area contributed by atoms with Crippen molar-refractivity contribution >= 4 is 5.91 Å². The minimum Gasteiger partial charge on any atom is -0.508 e. The van der Waals surface area contributed by atoms with Gasteiger partial charge in [-0.15, -0.1) is 0 Å². The Morgan fingerprint density at radius 3 is 2.90 bits per heavy atom. The molecule has 0 aromatic heterocycles. The van der Waals surface area contributed by atoms with Crippen LogP contribution < -0.4 is 10.6 Å². The van der Waals surface area contributed by atoms with E-state index in [9.17, 15) is 9.90 Å². The normalized spacial score (nSPS) is 21.4. The fourth-order valence-corrected chi connectivity index (χ4v) is 2.71. The zero-order valence-corrected chi connectivity index (χ0v) is 12.5. The molecule has 1 aliphatic rings. The van der Waals surface area contributed by atoms with Crippen molar-refractivity contribution < 1.29 is 9.90 Å². The molecule has 1 fully saturated rings. The third kappa shape index (κ3) is 3.31. The lowest BCUT2D eigenvalue weighted by atomic mass is 9.77. The zero-order valence-electron chi connectivity index (χ0n) is 12.5. The average Bonchev–Trinajstić information content (AvgIpc) is 2.40. The van der Waals surface area contributed by atoms with Crippen molar-refractivity contribution in [1.29, 1.82) is 0 Å². The van der Waals surface area contributed by atoms with Crippen LogP contribution in [0.25, 0.3) is 0 Å². The van der Waals surface area contributed by atoms with Gasteiger partial charge in [0.05, 0.1) is 0 Å². The largest absolute Gasteiger partial charge is 0.508 e. The molecule has 0 aliphatic carbocycles. The van der Waals surface area contributed by atoms with Gasteiger partial charge in [-0.3, -0.25) is 4.79 Å². The standard InChI is InChI=1S/C16H24N2O2/c1-11-9-12(5-6-13(11)19)15(20)18-10-14-16(2,3)7-4-8-17-14/h5-6,9,14,17,19H,4,7-8,10H2,1-3H3,(H,18,20). The van der Waals surface area contributed by atoms with E-state index in [0.717, 1.165) is 6.54 Å². The molecule has 1 unspecified atom stereocenters. The molecule has 1 aromatic carbocycles. The Balaban J connectivity index is 1.96. The fraction of sp³-hybridized carbons (Fsp3) is 0.562. The van der Waals surface area contributed by atoms with Gasteiger partial charge in [-0.25, -0.2) is 0 Å². The molecule has 1 heterocycles. The number of piperidine rings is 1. The van der Waals surface area contributed by atoms with E-state index in [4.69, 9.17) is 0 Å². The highest BCUT2D eigenvalue weighted by Crippen LogP contribution is 2.29. The molecule has 0 radical (unpaired) electrons. The first-order valence-electron chi connectivity index (χ1n) is 7.21. The molecule has 0 spiro atoms. The van der Waals surface area contributed by atoms with Crippen molar-refractivity contribution in [3.05, 3.63) is 29.3 Å². The van der Waals surface area contributed by atoms with E-state index >= 15 is 0 Å². The molecule has 1 saturated heterocycles. The van der Waals surface area contributed by atoms with Crippen LogP contribution in [0, 0.1) is 12.3 Å². The molecule has 0 saturated carbocycles. The number of aryl methyl sites for hydroxylation is 1. The maximum absolute atomic E-state index is 12.1. The third-order valence-corrected chi connectivity index (χ3v) is 4.26. The topological polar surface area (TPSA) is 61.4 Å². The van der Waals surface area contributed by atoms with E-state index in [0.29, 0.717) is 23.7 Å². The smallest absolute Gasteiger partial charge is 0.251 e. The molecule has 4 nitrogen and oxygen atoms in total. The van der Waals surface area contributed by atoms with Crippen LogP contribution in [0.2, 0.25) is 0 Å². The summed E-state index contributed by atoms with van der Waals surface area (Å²) < 4.78 is 0. The summed E-state index contributed by atoms with van der Waals surface area (Å²) in [6.45, 7) is 7.91.